The third kappa shape index (κ3) is 2.68. The minimum absolute atomic E-state index is 0.0127. The molecule has 0 saturated heterocycles. The molecule has 0 bridgehead atoms. The number of pyridine rings is 1. The molecule has 4 heteroatoms. The molecule has 1 aromatic heterocycles. The van der Waals surface area contributed by atoms with Gasteiger partial charge < -0.3 is 5.73 Å². The average molecular weight is 292 g/mol. The Morgan fingerprint density at radius 2 is 1.95 bits per heavy atom. The Kier molecular flexibility index (Phi) is 3.59. The highest BCUT2D eigenvalue weighted by Gasteiger charge is 2.37. The first-order chi connectivity index (χ1) is 10.6. The molecule has 1 aliphatic carbocycles. The first-order valence-electron chi connectivity index (χ1n) is 7.12. The van der Waals surface area contributed by atoms with Gasteiger partial charge in [0.05, 0.1) is 10.9 Å². The molecule has 1 heterocycles. The number of fused-ring (bicyclic) bond motifs is 1. The van der Waals surface area contributed by atoms with Crippen molar-refractivity contribution in [3.05, 3.63) is 66.4 Å². The van der Waals surface area contributed by atoms with Crippen LogP contribution in [0.3, 0.4) is 0 Å². The Labute approximate surface area is 128 Å². The van der Waals surface area contributed by atoms with Gasteiger partial charge in [-0.05, 0) is 18.2 Å². The Bertz CT molecular complexity index is 808. The van der Waals surface area contributed by atoms with Gasteiger partial charge in [0.15, 0.2) is 5.78 Å². The molecule has 2 N–H and O–H groups in total. The molecule has 3 rings (SSSR count). The molecule has 0 spiro atoms. The van der Waals surface area contributed by atoms with E-state index in [2.05, 4.69) is 4.98 Å². The molecule has 1 amide bonds. The van der Waals surface area contributed by atoms with Crippen LogP contribution in [0.5, 0.6) is 0 Å². The smallest absolute Gasteiger partial charge is 0.218 e. The third-order valence-corrected chi connectivity index (χ3v) is 3.91. The van der Waals surface area contributed by atoms with Crippen molar-refractivity contribution in [2.24, 2.45) is 11.1 Å². The van der Waals surface area contributed by atoms with E-state index in [1.54, 1.807) is 18.2 Å². The van der Waals surface area contributed by atoms with Crippen molar-refractivity contribution in [1.29, 1.82) is 0 Å². The molecule has 22 heavy (non-hydrogen) atoms. The number of allylic oxidation sites excluding steroid dienone is 4. The minimum atomic E-state index is -0.921. The lowest BCUT2D eigenvalue weighted by Gasteiger charge is -2.28. The number of carbonyl (C=O) groups is 2. The van der Waals surface area contributed by atoms with E-state index in [-0.39, 0.29) is 12.2 Å². The average Bonchev–Trinajstić information content (AvgIpc) is 2.49. The van der Waals surface area contributed by atoms with Gasteiger partial charge in [-0.1, -0.05) is 42.5 Å². The maximum atomic E-state index is 12.3. The normalized spacial score (nSPS) is 20.5. The van der Waals surface area contributed by atoms with Crippen molar-refractivity contribution in [2.45, 2.75) is 12.8 Å². The van der Waals surface area contributed by atoms with E-state index in [1.807, 2.05) is 36.4 Å². The number of rotatable bonds is 4. The number of hydrogen-bond donors (Lipinski definition) is 1. The van der Waals surface area contributed by atoms with E-state index in [4.69, 9.17) is 5.73 Å². The number of para-hydroxylation sites is 1. The van der Waals surface area contributed by atoms with Gasteiger partial charge in [0.2, 0.25) is 5.91 Å². The first kappa shape index (κ1) is 14.2. The predicted molar refractivity (Wildman–Crippen MR) is 85.0 cm³/mol. The molecule has 0 fully saturated rings. The second-order valence-electron chi connectivity index (χ2n) is 5.55. The summed E-state index contributed by atoms with van der Waals surface area (Å²) < 4.78 is 0. The summed E-state index contributed by atoms with van der Waals surface area (Å²) in [5.41, 5.74) is 6.07. The molecule has 1 aliphatic rings. The fraction of sp³-hybridized carbons (Fsp3) is 0.167. The zero-order valence-corrected chi connectivity index (χ0v) is 12.0. The van der Waals surface area contributed by atoms with Crippen molar-refractivity contribution >= 4 is 22.6 Å². The monoisotopic (exact) mass is 292 g/mol. The number of benzene rings is 1. The second kappa shape index (κ2) is 5.56. The first-order valence-corrected chi connectivity index (χ1v) is 7.12. The lowest BCUT2D eigenvalue weighted by atomic mass is 9.73. The lowest BCUT2D eigenvalue weighted by Crippen LogP contribution is -2.36. The number of hydrogen-bond acceptors (Lipinski definition) is 3. The molecular weight excluding hydrogens is 276 g/mol. The van der Waals surface area contributed by atoms with Crippen LogP contribution >= 0.6 is 0 Å². The van der Waals surface area contributed by atoms with Gasteiger partial charge in [-0.3, -0.25) is 14.6 Å². The Morgan fingerprint density at radius 3 is 2.73 bits per heavy atom. The molecular formula is C18H16N2O2. The summed E-state index contributed by atoms with van der Waals surface area (Å²) >= 11 is 0. The maximum Gasteiger partial charge on any atom is 0.218 e. The Hall–Kier alpha value is -2.75. The number of aromatic nitrogens is 1. The van der Waals surface area contributed by atoms with Crippen molar-refractivity contribution in [3.8, 4) is 0 Å². The van der Waals surface area contributed by atoms with Crippen LogP contribution in [0.25, 0.3) is 10.9 Å². The fourth-order valence-corrected chi connectivity index (χ4v) is 2.83. The largest absolute Gasteiger partial charge is 0.370 e. The molecule has 1 unspecified atom stereocenters. The van der Waals surface area contributed by atoms with Gasteiger partial charge in [-0.15, -0.1) is 0 Å². The fourth-order valence-electron chi connectivity index (χ4n) is 2.83. The van der Waals surface area contributed by atoms with Gasteiger partial charge in [-0.25, -0.2) is 0 Å². The number of ketones is 1. The Morgan fingerprint density at radius 1 is 1.14 bits per heavy atom. The van der Waals surface area contributed by atoms with Crippen molar-refractivity contribution in [1.82, 2.24) is 4.98 Å². The molecule has 110 valence electrons. The zero-order chi connectivity index (χ0) is 15.6. The summed E-state index contributed by atoms with van der Waals surface area (Å²) in [5, 5.41) is 1.04. The molecule has 2 aromatic rings. The van der Waals surface area contributed by atoms with E-state index < -0.39 is 11.3 Å². The summed E-state index contributed by atoms with van der Waals surface area (Å²) in [6, 6.07) is 11.7. The van der Waals surface area contributed by atoms with Crippen LogP contribution in [0.4, 0.5) is 0 Å². The number of carbonyl (C=O) groups excluding carboxylic acids is 2. The summed E-state index contributed by atoms with van der Waals surface area (Å²) in [7, 11) is 0. The third-order valence-electron chi connectivity index (χ3n) is 3.91. The molecule has 0 radical (unpaired) electrons. The van der Waals surface area contributed by atoms with Crippen LogP contribution in [0.2, 0.25) is 0 Å². The lowest BCUT2D eigenvalue weighted by molar-refractivity contribution is -0.128. The standard InChI is InChI=1S/C18H16N2O2/c19-17(22)12-18(10-4-3-7-16(18)21)11-14-9-8-13-5-1-2-6-15(13)20-14/h1-10H,11-12H2,(H2,19,22). The molecule has 1 aromatic carbocycles. The van der Waals surface area contributed by atoms with Gasteiger partial charge >= 0.3 is 0 Å². The summed E-state index contributed by atoms with van der Waals surface area (Å²) in [6.45, 7) is 0. The second-order valence-corrected chi connectivity index (χ2v) is 5.55. The SMILES string of the molecule is NC(=O)CC1(Cc2ccc3ccccc3n2)C=CC=CC1=O. The summed E-state index contributed by atoms with van der Waals surface area (Å²) in [5.74, 6) is -0.599. The highest BCUT2D eigenvalue weighted by molar-refractivity contribution is 6.00. The predicted octanol–water partition coefficient (Wildman–Crippen LogP) is 2.33. The van der Waals surface area contributed by atoms with Crippen LogP contribution in [0, 0.1) is 5.41 Å². The van der Waals surface area contributed by atoms with Gasteiger partial charge in [0.25, 0.3) is 0 Å². The van der Waals surface area contributed by atoms with Crippen LogP contribution in [-0.4, -0.2) is 16.7 Å². The Balaban J connectivity index is 1.98. The number of nitrogens with two attached hydrogens (primary N) is 1. The quantitative estimate of drug-likeness (QED) is 0.940. The number of nitrogens with zero attached hydrogens (tertiary/aromatic N) is 1. The van der Waals surface area contributed by atoms with E-state index in [9.17, 15) is 9.59 Å². The van der Waals surface area contributed by atoms with Crippen LogP contribution < -0.4 is 5.73 Å². The van der Waals surface area contributed by atoms with Crippen LogP contribution in [0.15, 0.2) is 60.7 Å². The highest BCUT2D eigenvalue weighted by Crippen LogP contribution is 2.33. The van der Waals surface area contributed by atoms with Crippen molar-refractivity contribution in [3.63, 3.8) is 0 Å². The van der Waals surface area contributed by atoms with Gasteiger partial charge in [0.1, 0.15) is 0 Å². The number of primary amides is 1. The van der Waals surface area contributed by atoms with Crippen molar-refractivity contribution < 1.29 is 9.59 Å². The minimum Gasteiger partial charge on any atom is -0.370 e. The summed E-state index contributed by atoms with van der Waals surface area (Å²) in [6.07, 6.45) is 7.06. The van der Waals surface area contributed by atoms with E-state index in [1.165, 1.54) is 6.08 Å². The van der Waals surface area contributed by atoms with E-state index >= 15 is 0 Å². The van der Waals surface area contributed by atoms with Gasteiger partial charge in [-0.2, -0.15) is 0 Å². The maximum absolute atomic E-state index is 12.3. The zero-order valence-electron chi connectivity index (χ0n) is 12.0. The topological polar surface area (TPSA) is 73.1 Å². The molecule has 0 aliphatic heterocycles. The van der Waals surface area contributed by atoms with E-state index in [0.717, 1.165) is 16.6 Å². The van der Waals surface area contributed by atoms with Gasteiger partial charge in [0, 0.05) is 23.9 Å². The van der Waals surface area contributed by atoms with E-state index in [0.29, 0.717) is 6.42 Å². The number of amides is 1. The van der Waals surface area contributed by atoms with Crippen molar-refractivity contribution in [2.75, 3.05) is 0 Å². The van der Waals surface area contributed by atoms with Crippen LogP contribution in [0.1, 0.15) is 12.1 Å². The van der Waals surface area contributed by atoms with Crippen LogP contribution in [-0.2, 0) is 16.0 Å². The highest BCUT2D eigenvalue weighted by atomic mass is 16.1. The molecule has 4 nitrogen and oxygen atoms in total. The molecule has 0 saturated carbocycles. The molecule has 1 atom stereocenters. The summed E-state index contributed by atoms with van der Waals surface area (Å²) in [4.78, 5) is 28.4.